The van der Waals surface area contributed by atoms with E-state index < -0.39 is 36.6 Å². The van der Waals surface area contributed by atoms with Gasteiger partial charge >= 0.3 is 11.9 Å². The van der Waals surface area contributed by atoms with E-state index in [0.29, 0.717) is 5.56 Å². The normalized spacial score (nSPS) is 21.8. The second-order valence-electron chi connectivity index (χ2n) is 8.32. The number of carbonyl (C=O) groups excluding carboxylic acids is 2. The van der Waals surface area contributed by atoms with Crippen LogP contribution in [-0.4, -0.2) is 50.3 Å². The van der Waals surface area contributed by atoms with Gasteiger partial charge in [-0.3, -0.25) is 0 Å². The van der Waals surface area contributed by atoms with E-state index in [1.54, 1.807) is 30.3 Å². The lowest BCUT2D eigenvalue weighted by molar-refractivity contribution is -0.142. The summed E-state index contributed by atoms with van der Waals surface area (Å²) in [7, 11) is 1.29. The molecule has 3 unspecified atom stereocenters. The van der Waals surface area contributed by atoms with Gasteiger partial charge in [0, 0.05) is 7.11 Å². The van der Waals surface area contributed by atoms with Crippen LogP contribution < -0.4 is 0 Å². The maximum atomic E-state index is 15.0. The first-order valence-electron chi connectivity index (χ1n) is 11.2. The fourth-order valence-corrected chi connectivity index (χ4v) is 4.21. The van der Waals surface area contributed by atoms with Gasteiger partial charge in [-0.2, -0.15) is 0 Å². The molecule has 35 heavy (non-hydrogen) atoms. The maximum absolute atomic E-state index is 15.0. The number of hydrogen-bond acceptors (Lipinski definition) is 6. The molecule has 0 bridgehead atoms. The summed E-state index contributed by atoms with van der Waals surface area (Å²) >= 11 is 0. The first-order valence-corrected chi connectivity index (χ1v) is 11.2. The van der Waals surface area contributed by atoms with Crippen molar-refractivity contribution in [1.29, 1.82) is 0 Å². The third-order valence-corrected chi connectivity index (χ3v) is 6.07. The number of rotatable bonds is 6. The lowest BCUT2D eigenvalue weighted by Crippen LogP contribution is -2.37. The quantitative estimate of drug-likeness (QED) is 0.363. The molecule has 178 valence electrons. The van der Waals surface area contributed by atoms with E-state index in [2.05, 4.69) is 0 Å². The highest BCUT2D eigenvalue weighted by Gasteiger charge is 2.48. The van der Waals surface area contributed by atoms with Crippen LogP contribution in [0.15, 0.2) is 84.9 Å². The Morgan fingerprint density at radius 3 is 1.91 bits per heavy atom. The molecule has 0 saturated carbocycles. The SMILES string of the molecule is COC1OC(COC(=O)c2ccc3ccccc3c2)[C@@H](OC(=O)c2ccc3ccccc3c2)C1F. The zero-order valence-corrected chi connectivity index (χ0v) is 18.9. The van der Waals surface area contributed by atoms with Gasteiger partial charge in [-0.25, -0.2) is 14.0 Å². The van der Waals surface area contributed by atoms with E-state index in [1.807, 2.05) is 54.6 Å². The summed E-state index contributed by atoms with van der Waals surface area (Å²) in [5, 5.41) is 3.71. The van der Waals surface area contributed by atoms with Gasteiger partial charge in [0.25, 0.3) is 0 Å². The van der Waals surface area contributed by atoms with Crippen molar-refractivity contribution >= 4 is 33.5 Å². The molecule has 1 saturated heterocycles. The standard InChI is InChI=1S/C28H23FO6/c1-32-28-24(29)25(35-27(31)22-13-11-18-7-3-5-9-20(18)15-22)23(34-28)16-33-26(30)21-12-10-17-6-2-4-8-19(17)14-21/h2-15,23-25,28H,16H2,1H3/t23?,24?,25-,28?/m1/s1. The first-order chi connectivity index (χ1) is 17.0. The third-order valence-electron chi connectivity index (χ3n) is 6.07. The molecule has 0 radical (unpaired) electrons. The molecule has 0 spiro atoms. The van der Waals surface area contributed by atoms with E-state index in [4.69, 9.17) is 18.9 Å². The van der Waals surface area contributed by atoms with Crippen molar-refractivity contribution in [3.8, 4) is 0 Å². The molecule has 0 aliphatic carbocycles. The summed E-state index contributed by atoms with van der Waals surface area (Å²) < 4.78 is 36.5. The summed E-state index contributed by atoms with van der Waals surface area (Å²) in [4.78, 5) is 25.5. The van der Waals surface area contributed by atoms with Crippen molar-refractivity contribution in [2.75, 3.05) is 13.7 Å². The number of methoxy groups -OCH3 is 1. The third kappa shape index (κ3) is 4.73. The van der Waals surface area contributed by atoms with Crippen LogP contribution in [0.1, 0.15) is 20.7 Å². The van der Waals surface area contributed by atoms with E-state index in [-0.39, 0.29) is 12.2 Å². The predicted octanol–water partition coefficient (Wildman–Crippen LogP) is 5.08. The first kappa shape index (κ1) is 23.0. The molecule has 4 aromatic carbocycles. The highest BCUT2D eigenvalue weighted by molar-refractivity contribution is 5.96. The van der Waals surface area contributed by atoms with Crippen molar-refractivity contribution in [2.45, 2.75) is 24.7 Å². The molecular formula is C28H23FO6. The van der Waals surface area contributed by atoms with Gasteiger partial charge in [0.05, 0.1) is 11.1 Å². The number of alkyl halides is 1. The molecule has 4 atom stereocenters. The molecule has 1 aliphatic heterocycles. The van der Waals surface area contributed by atoms with E-state index in [0.717, 1.165) is 21.5 Å². The molecule has 6 nitrogen and oxygen atoms in total. The fourth-order valence-electron chi connectivity index (χ4n) is 4.21. The van der Waals surface area contributed by atoms with Gasteiger partial charge in [-0.15, -0.1) is 0 Å². The molecule has 0 amide bonds. The monoisotopic (exact) mass is 474 g/mol. The van der Waals surface area contributed by atoms with E-state index >= 15 is 0 Å². The summed E-state index contributed by atoms with van der Waals surface area (Å²) in [6, 6.07) is 25.5. The van der Waals surface area contributed by atoms with Crippen LogP contribution in [0.25, 0.3) is 21.5 Å². The minimum atomic E-state index is -1.74. The number of benzene rings is 4. The number of ether oxygens (including phenoxy) is 4. The average Bonchev–Trinajstić information content (AvgIpc) is 3.20. The Bertz CT molecular complexity index is 1390. The van der Waals surface area contributed by atoms with Crippen molar-refractivity contribution in [2.24, 2.45) is 0 Å². The molecule has 4 aromatic rings. The van der Waals surface area contributed by atoms with Crippen molar-refractivity contribution in [1.82, 2.24) is 0 Å². The summed E-state index contributed by atoms with van der Waals surface area (Å²) in [5.74, 6) is -1.29. The Hall–Kier alpha value is -3.81. The average molecular weight is 474 g/mol. The lowest BCUT2D eigenvalue weighted by atomic mass is 10.1. The molecule has 0 N–H and O–H groups in total. The van der Waals surface area contributed by atoms with Crippen LogP contribution >= 0.6 is 0 Å². The molecule has 0 aromatic heterocycles. The highest BCUT2D eigenvalue weighted by Crippen LogP contribution is 2.29. The number of carbonyl (C=O) groups is 2. The van der Waals surface area contributed by atoms with Crippen LogP contribution in [0.4, 0.5) is 4.39 Å². The van der Waals surface area contributed by atoms with E-state index in [1.165, 1.54) is 7.11 Å². The van der Waals surface area contributed by atoms with Crippen molar-refractivity contribution in [3.05, 3.63) is 96.1 Å². The van der Waals surface area contributed by atoms with Gasteiger partial charge in [0.1, 0.15) is 12.7 Å². The Morgan fingerprint density at radius 1 is 0.800 bits per heavy atom. The van der Waals surface area contributed by atoms with Crippen LogP contribution in [0, 0.1) is 0 Å². The second-order valence-corrected chi connectivity index (χ2v) is 8.32. The molecule has 1 fully saturated rings. The fraction of sp³-hybridized carbons (Fsp3) is 0.214. The smallest absolute Gasteiger partial charge is 0.338 e. The molecule has 1 heterocycles. The minimum absolute atomic E-state index is 0.281. The summed E-state index contributed by atoms with van der Waals surface area (Å²) in [6.45, 7) is -0.304. The zero-order valence-electron chi connectivity index (χ0n) is 18.9. The van der Waals surface area contributed by atoms with Crippen LogP contribution in [-0.2, 0) is 18.9 Å². The number of halogens is 1. The van der Waals surface area contributed by atoms with Gasteiger partial charge < -0.3 is 18.9 Å². The van der Waals surface area contributed by atoms with Gasteiger partial charge in [0.15, 0.2) is 18.6 Å². The van der Waals surface area contributed by atoms with Crippen LogP contribution in [0.3, 0.4) is 0 Å². The van der Waals surface area contributed by atoms with Gasteiger partial charge in [-0.05, 0) is 45.8 Å². The predicted molar refractivity (Wildman–Crippen MR) is 128 cm³/mol. The Balaban J connectivity index is 1.29. The summed E-state index contributed by atoms with van der Waals surface area (Å²) in [6.07, 6.45) is -5.31. The Kier molecular flexibility index (Phi) is 6.44. The largest absolute Gasteiger partial charge is 0.459 e. The second kappa shape index (κ2) is 9.82. The minimum Gasteiger partial charge on any atom is -0.459 e. The number of esters is 2. The molecule has 7 heteroatoms. The van der Waals surface area contributed by atoms with Crippen molar-refractivity contribution in [3.63, 3.8) is 0 Å². The van der Waals surface area contributed by atoms with Crippen LogP contribution in [0.5, 0.6) is 0 Å². The molecule has 5 rings (SSSR count). The summed E-state index contributed by atoms with van der Waals surface area (Å²) in [5.41, 5.74) is 0.634. The van der Waals surface area contributed by atoms with Gasteiger partial charge in [0.2, 0.25) is 0 Å². The lowest BCUT2D eigenvalue weighted by Gasteiger charge is -2.19. The Morgan fingerprint density at radius 2 is 1.34 bits per heavy atom. The zero-order chi connectivity index (χ0) is 24.4. The van der Waals surface area contributed by atoms with Crippen LogP contribution in [0.2, 0.25) is 0 Å². The molecule has 1 aliphatic rings. The number of fused-ring (bicyclic) bond motifs is 2. The maximum Gasteiger partial charge on any atom is 0.338 e. The Labute approximate surface area is 201 Å². The highest BCUT2D eigenvalue weighted by atomic mass is 19.1. The number of hydrogen-bond donors (Lipinski definition) is 0. The van der Waals surface area contributed by atoms with Crippen molar-refractivity contribution < 1.29 is 32.9 Å². The van der Waals surface area contributed by atoms with E-state index in [9.17, 15) is 14.0 Å². The van der Waals surface area contributed by atoms with Gasteiger partial charge in [-0.1, -0.05) is 60.7 Å². The topological polar surface area (TPSA) is 71.1 Å². The molecular weight excluding hydrogens is 451 g/mol.